The molecule has 3 N–H and O–H groups in total. The van der Waals surface area contributed by atoms with E-state index >= 15 is 0 Å². The van der Waals surface area contributed by atoms with Crippen LogP contribution in [-0.4, -0.2) is 18.2 Å². The lowest BCUT2D eigenvalue weighted by atomic mass is 9.62. The number of nitrogens with two attached hydrogens (primary N) is 1. The number of halogens is 1. The zero-order chi connectivity index (χ0) is 16.4. The first-order valence-electron chi connectivity index (χ1n) is 7.76. The number of nitrogens with one attached hydrogen (secondary N) is 1. The highest BCUT2D eigenvalue weighted by Gasteiger charge is 2.39. The van der Waals surface area contributed by atoms with Gasteiger partial charge in [0.25, 0.3) is 0 Å². The summed E-state index contributed by atoms with van der Waals surface area (Å²) in [4.78, 5) is 11.8. The third-order valence-corrected chi connectivity index (χ3v) is 4.43. The first kappa shape index (κ1) is 17.1. The molecule has 1 fully saturated rings. The van der Waals surface area contributed by atoms with Crippen molar-refractivity contribution in [3.63, 3.8) is 0 Å². The Bertz CT molecular complexity index is 548. The Labute approximate surface area is 137 Å². The number of carbonyl (C=O) groups is 1. The molecule has 5 heteroatoms. The SMILES string of the molecule is CC(C)(C)OC(=O)Nc1ccc(C2(CCN)CCC2)c(Cl)c1. The van der Waals surface area contributed by atoms with E-state index in [-0.39, 0.29) is 5.41 Å². The van der Waals surface area contributed by atoms with Gasteiger partial charge in [0, 0.05) is 10.7 Å². The second kappa shape index (κ2) is 6.47. The lowest BCUT2D eigenvalue weighted by Crippen LogP contribution is -2.36. The van der Waals surface area contributed by atoms with Crippen LogP contribution in [-0.2, 0) is 10.2 Å². The zero-order valence-electron chi connectivity index (χ0n) is 13.5. The summed E-state index contributed by atoms with van der Waals surface area (Å²) in [6.07, 6.45) is 3.95. The molecule has 0 atom stereocenters. The molecule has 1 aromatic rings. The average molecular weight is 325 g/mol. The van der Waals surface area contributed by atoms with Gasteiger partial charge in [-0.2, -0.15) is 0 Å². The summed E-state index contributed by atoms with van der Waals surface area (Å²) >= 11 is 6.45. The van der Waals surface area contributed by atoms with Gasteiger partial charge in [-0.05, 0) is 69.7 Å². The van der Waals surface area contributed by atoms with Crippen molar-refractivity contribution in [2.75, 3.05) is 11.9 Å². The predicted octanol–water partition coefficient (Wildman–Crippen LogP) is 4.46. The second-order valence-corrected chi connectivity index (χ2v) is 7.40. The largest absolute Gasteiger partial charge is 0.444 e. The fraction of sp³-hybridized carbons (Fsp3) is 0.588. The molecule has 122 valence electrons. The van der Waals surface area contributed by atoms with Gasteiger partial charge in [-0.3, -0.25) is 5.32 Å². The summed E-state index contributed by atoms with van der Waals surface area (Å²) in [5.74, 6) is 0. The van der Waals surface area contributed by atoms with E-state index in [0.29, 0.717) is 17.3 Å². The van der Waals surface area contributed by atoms with Crippen LogP contribution < -0.4 is 11.1 Å². The smallest absolute Gasteiger partial charge is 0.412 e. The average Bonchev–Trinajstić information content (AvgIpc) is 2.32. The second-order valence-electron chi connectivity index (χ2n) is 6.99. The maximum atomic E-state index is 11.8. The Kier molecular flexibility index (Phi) is 5.03. The van der Waals surface area contributed by atoms with Crippen LogP contribution in [0.25, 0.3) is 0 Å². The van der Waals surface area contributed by atoms with Gasteiger partial charge in [0.2, 0.25) is 0 Å². The highest BCUT2D eigenvalue weighted by atomic mass is 35.5. The number of hydrogen-bond acceptors (Lipinski definition) is 3. The highest BCUT2D eigenvalue weighted by molar-refractivity contribution is 6.31. The molecule has 0 aliphatic heterocycles. The summed E-state index contributed by atoms with van der Waals surface area (Å²) in [6.45, 7) is 6.15. The maximum absolute atomic E-state index is 11.8. The van der Waals surface area contributed by atoms with Crippen LogP contribution in [0.15, 0.2) is 18.2 Å². The molecule has 1 amide bonds. The summed E-state index contributed by atoms with van der Waals surface area (Å²) in [5.41, 5.74) is 7.13. The Balaban J connectivity index is 2.11. The van der Waals surface area contributed by atoms with Gasteiger partial charge in [0.05, 0.1) is 0 Å². The van der Waals surface area contributed by atoms with Gasteiger partial charge in [0.1, 0.15) is 5.60 Å². The van der Waals surface area contributed by atoms with Gasteiger partial charge in [-0.25, -0.2) is 4.79 Å². The molecule has 2 rings (SSSR count). The van der Waals surface area contributed by atoms with Crippen molar-refractivity contribution >= 4 is 23.4 Å². The van der Waals surface area contributed by atoms with E-state index in [9.17, 15) is 4.79 Å². The fourth-order valence-electron chi connectivity index (χ4n) is 2.98. The minimum Gasteiger partial charge on any atom is -0.444 e. The van der Waals surface area contributed by atoms with E-state index in [1.54, 1.807) is 6.07 Å². The van der Waals surface area contributed by atoms with E-state index in [1.165, 1.54) is 6.42 Å². The molecule has 0 heterocycles. The molecule has 1 aliphatic carbocycles. The van der Waals surface area contributed by atoms with Crippen LogP contribution >= 0.6 is 11.6 Å². The molecule has 1 aromatic carbocycles. The Morgan fingerprint density at radius 3 is 2.55 bits per heavy atom. The number of carbonyl (C=O) groups excluding carboxylic acids is 1. The molecular weight excluding hydrogens is 300 g/mol. The molecule has 22 heavy (non-hydrogen) atoms. The zero-order valence-corrected chi connectivity index (χ0v) is 14.3. The van der Waals surface area contributed by atoms with Gasteiger partial charge in [-0.1, -0.05) is 24.1 Å². The van der Waals surface area contributed by atoms with Gasteiger partial charge in [0.15, 0.2) is 0 Å². The lowest BCUT2D eigenvalue weighted by Gasteiger charge is -2.43. The Hall–Kier alpha value is -1.26. The predicted molar refractivity (Wildman–Crippen MR) is 90.5 cm³/mol. The van der Waals surface area contributed by atoms with Crippen molar-refractivity contribution in [2.24, 2.45) is 5.73 Å². The van der Waals surface area contributed by atoms with Crippen molar-refractivity contribution < 1.29 is 9.53 Å². The van der Waals surface area contributed by atoms with E-state index in [2.05, 4.69) is 5.32 Å². The van der Waals surface area contributed by atoms with Crippen molar-refractivity contribution in [1.82, 2.24) is 0 Å². The lowest BCUT2D eigenvalue weighted by molar-refractivity contribution is 0.0636. The van der Waals surface area contributed by atoms with Crippen molar-refractivity contribution in [3.05, 3.63) is 28.8 Å². The standard InChI is InChI=1S/C17H25ClN2O2/c1-16(2,3)22-15(21)20-12-5-6-13(14(18)11-12)17(9-10-19)7-4-8-17/h5-6,11H,4,7-10,19H2,1-3H3,(H,20,21). The maximum Gasteiger partial charge on any atom is 0.412 e. The molecule has 0 bridgehead atoms. The van der Waals surface area contributed by atoms with Gasteiger partial charge >= 0.3 is 6.09 Å². The molecule has 0 aromatic heterocycles. The molecule has 0 saturated heterocycles. The number of hydrogen-bond donors (Lipinski definition) is 2. The van der Waals surface area contributed by atoms with E-state index in [4.69, 9.17) is 22.1 Å². The first-order chi connectivity index (χ1) is 10.3. The molecule has 1 aliphatic rings. The molecule has 0 radical (unpaired) electrons. The van der Waals surface area contributed by atoms with E-state index < -0.39 is 11.7 Å². The highest BCUT2D eigenvalue weighted by Crippen LogP contribution is 2.48. The van der Waals surface area contributed by atoms with E-state index in [0.717, 1.165) is 24.8 Å². The number of anilines is 1. The fourth-order valence-corrected chi connectivity index (χ4v) is 3.36. The number of rotatable bonds is 4. The third-order valence-electron chi connectivity index (χ3n) is 4.12. The molecule has 0 spiro atoms. The van der Waals surface area contributed by atoms with Crippen molar-refractivity contribution in [1.29, 1.82) is 0 Å². The van der Waals surface area contributed by atoms with Crippen LogP contribution in [0.1, 0.15) is 52.0 Å². The third kappa shape index (κ3) is 3.93. The van der Waals surface area contributed by atoms with Crippen LogP contribution in [0.2, 0.25) is 5.02 Å². The monoisotopic (exact) mass is 324 g/mol. The minimum atomic E-state index is -0.523. The number of benzene rings is 1. The van der Waals surface area contributed by atoms with Crippen LogP contribution in [0.3, 0.4) is 0 Å². The summed E-state index contributed by atoms with van der Waals surface area (Å²) < 4.78 is 5.24. The first-order valence-corrected chi connectivity index (χ1v) is 8.14. The van der Waals surface area contributed by atoms with Gasteiger partial charge in [-0.15, -0.1) is 0 Å². The Morgan fingerprint density at radius 1 is 1.41 bits per heavy atom. The number of ether oxygens (including phenoxy) is 1. The van der Waals surface area contributed by atoms with Crippen LogP contribution in [0.4, 0.5) is 10.5 Å². The van der Waals surface area contributed by atoms with E-state index in [1.807, 2.05) is 32.9 Å². The molecule has 4 nitrogen and oxygen atoms in total. The Morgan fingerprint density at radius 2 is 2.09 bits per heavy atom. The van der Waals surface area contributed by atoms with Crippen molar-refractivity contribution in [2.45, 2.75) is 57.5 Å². The molecule has 1 saturated carbocycles. The normalized spacial score (nSPS) is 16.8. The quantitative estimate of drug-likeness (QED) is 0.859. The topological polar surface area (TPSA) is 64.3 Å². The molecule has 0 unspecified atom stereocenters. The molecular formula is C17H25ClN2O2. The minimum absolute atomic E-state index is 0.121. The van der Waals surface area contributed by atoms with Gasteiger partial charge < -0.3 is 10.5 Å². The summed E-state index contributed by atoms with van der Waals surface area (Å²) in [7, 11) is 0. The van der Waals surface area contributed by atoms with Crippen LogP contribution in [0, 0.1) is 0 Å². The summed E-state index contributed by atoms with van der Waals surface area (Å²) in [5, 5.41) is 3.40. The number of amides is 1. The van der Waals surface area contributed by atoms with Crippen LogP contribution in [0.5, 0.6) is 0 Å². The summed E-state index contributed by atoms with van der Waals surface area (Å²) in [6, 6.07) is 5.67. The van der Waals surface area contributed by atoms with Crippen molar-refractivity contribution in [3.8, 4) is 0 Å².